The Morgan fingerprint density at radius 2 is 2.07 bits per heavy atom. The van der Waals surface area contributed by atoms with Gasteiger partial charge in [-0.05, 0) is 25.8 Å². The molecule has 0 saturated carbocycles. The molecule has 0 unspecified atom stereocenters. The first-order chi connectivity index (χ1) is 6.84. The fourth-order valence-electron chi connectivity index (χ4n) is 1.65. The zero-order valence-corrected chi connectivity index (χ0v) is 8.80. The van der Waals surface area contributed by atoms with Crippen LogP contribution in [0.25, 0.3) is 0 Å². The summed E-state index contributed by atoms with van der Waals surface area (Å²) < 4.78 is 0. The van der Waals surface area contributed by atoms with Gasteiger partial charge in [0.05, 0.1) is 0 Å². The van der Waals surface area contributed by atoms with Gasteiger partial charge in [-0.1, -0.05) is 6.08 Å². The normalized spacial score (nSPS) is 15.9. The monoisotopic (exact) mass is 196 g/mol. The molecule has 0 radical (unpaired) electrons. The van der Waals surface area contributed by atoms with Gasteiger partial charge in [-0.25, -0.2) is 0 Å². The Morgan fingerprint density at radius 3 is 2.71 bits per heavy atom. The van der Waals surface area contributed by atoms with Gasteiger partial charge in [-0.2, -0.15) is 0 Å². The minimum Gasteiger partial charge on any atom is -0.343 e. The van der Waals surface area contributed by atoms with Crippen molar-refractivity contribution in [2.45, 2.75) is 25.7 Å². The zero-order valence-electron chi connectivity index (χ0n) is 8.80. The van der Waals surface area contributed by atoms with E-state index in [0.717, 1.165) is 32.6 Å². The lowest BCUT2D eigenvalue weighted by atomic mass is 10.3. The maximum Gasteiger partial charge on any atom is 0.223 e. The molecular formula is C11H20N2O. The average molecular weight is 196 g/mol. The van der Waals surface area contributed by atoms with Crippen LogP contribution >= 0.6 is 0 Å². The standard InChI is InChI=1S/C11H20N2O/c1-2-3-7-12-8-6-11(14)13-9-4-5-10-13/h2,12H,1,3-10H2. The van der Waals surface area contributed by atoms with Crippen LogP contribution < -0.4 is 5.32 Å². The van der Waals surface area contributed by atoms with Crippen molar-refractivity contribution in [3.8, 4) is 0 Å². The van der Waals surface area contributed by atoms with Gasteiger partial charge in [0, 0.05) is 26.1 Å². The van der Waals surface area contributed by atoms with Gasteiger partial charge >= 0.3 is 0 Å². The van der Waals surface area contributed by atoms with Crippen molar-refractivity contribution in [1.82, 2.24) is 10.2 Å². The number of rotatable bonds is 6. The van der Waals surface area contributed by atoms with Gasteiger partial charge in [0.25, 0.3) is 0 Å². The Morgan fingerprint density at radius 1 is 1.36 bits per heavy atom. The molecule has 1 aliphatic rings. The van der Waals surface area contributed by atoms with Crippen LogP contribution in [0.15, 0.2) is 12.7 Å². The molecule has 1 aliphatic heterocycles. The maximum absolute atomic E-state index is 11.5. The van der Waals surface area contributed by atoms with E-state index in [1.165, 1.54) is 12.8 Å². The molecule has 1 amide bonds. The third-order valence-corrected chi connectivity index (χ3v) is 2.50. The fourth-order valence-corrected chi connectivity index (χ4v) is 1.65. The van der Waals surface area contributed by atoms with E-state index < -0.39 is 0 Å². The summed E-state index contributed by atoms with van der Waals surface area (Å²) in [7, 11) is 0. The Kier molecular flexibility index (Phi) is 5.30. The van der Waals surface area contributed by atoms with E-state index in [-0.39, 0.29) is 0 Å². The van der Waals surface area contributed by atoms with Gasteiger partial charge in [0.2, 0.25) is 5.91 Å². The van der Waals surface area contributed by atoms with Crippen LogP contribution in [0.1, 0.15) is 25.7 Å². The van der Waals surface area contributed by atoms with Crippen LogP contribution in [0.4, 0.5) is 0 Å². The molecule has 0 aromatic rings. The highest BCUT2D eigenvalue weighted by atomic mass is 16.2. The van der Waals surface area contributed by atoms with E-state index in [0.29, 0.717) is 12.3 Å². The van der Waals surface area contributed by atoms with E-state index in [1.54, 1.807) is 0 Å². The van der Waals surface area contributed by atoms with Gasteiger partial charge in [0.1, 0.15) is 0 Å². The van der Waals surface area contributed by atoms with Gasteiger partial charge in [-0.3, -0.25) is 4.79 Å². The van der Waals surface area contributed by atoms with E-state index >= 15 is 0 Å². The van der Waals surface area contributed by atoms with Crippen LogP contribution in [0.3, 0.4) is 0 Å². The Labute approximate surface area is 86.2 Å². The molecule has 1 fully saturated rings. The summed E-state index contributed by atoms with van der Waals surface area (Å²) in [5, 5.41) is 3.22. The molecule has 80 valence electrons. The molecule has 1 rings (SSSR count). The summed E-state index contributed by atoms with van der Waals surface area (Å²) in [5.41, 5.74) is 0. The number of carbonyl (C=O) groups is 1. The third-order valence-electron chi connectivity index (χ3n) is 2.50. The Hall–Kier alpha value is -0.830. The molecule has 1 saturated heterocycles. The highest BCUT2D eigenvalue weighted by Crippen LogP contribution is 2.08. The van der Waals surface area contributed by atoms with Crippen molar-refractivity contribution in [1.29, 1.82) is 0 Å². The Bertz CT molecular complexity index is 186. The molecule has 1 heterocycles. The number of carbonyl (C=O) groups excluding carboxylic acids is 1. The van der Waals surface area contributed by atoms with Crippen LogP contribution in [-0.2, 0) is 4.79 Å². The summed E-state index contributed by atoms with van der Waals surface area (Å²) in [6.07, 6.45) is 5.84. The first kappa shape index (κ1) is 11.2. The predicted molar refractivity (Wildman–Crippen MR) is 58.1 cm³/mol. The second-order valence-electron chi connectivity index (χ2n) is 3.67. The number of likely N-dealkylation sites (tertiary alicyclic amines) is 1. The van der Waals surface area contributed by atoms with Crippen LogP contribution in [0.2, 0.25) is 0 Å². The highest BCUT2D eigenvalue weighted by molar-refractivity contribution is 5.76. The number of amides is 1. The smallest absolute Gasteiger partial charge is 0.223 e. The number of nitrogens with zero attached hydrogens (tertiary/aromatic N) is 1. The van der Waals surface area contributed by atoms with Gasteiger partial charge in [0.15, 0.2) is 0 Å². The lowest BCUT2D eigenvalue weighted by Crippen LogP contribution is -2.30. The molecule has 3 nitrogen and oxygen atoms in total. The average Bonchev–Trinajstić information content (AvgIpc) is 2.70. The molecule has 0 bridgehead atoms. The quantitative estimate of drug-likeness (QED) is 0.511. The number of hydrogen-bond donors (Lipinski definition) is 1. The molecule has 3 heteroatoms. The first-order valence-electron chi connectivity index (χ1n) is 5.44. The maximum atomic E-state index is 11.5. The topological polar surface area (TPSA) is 32.3 Å². The molecular weight excluding hydrogens is 176 g/mol. The van der Waals surface area contributed by atoms with Crippen LogP contribution in [0.5, 0.6) is 0 Å². The summed E-state index contributed by atoms with van der Waals surface area (Å²) >= 11 is 0. The molecule has 1 N–H and O–H groups in total. The minimum atomic E-state index is 0.300. The largest absolute Gasteiger partial charge is 0.343 e. The van der Waals surface area contributed by atoms with Crippen molar-refractivity contribution in [3.05, 3.63) is 12.7 Å². The fraction of sp³-hybridized carbons (Fsp3) is 0.727. The summed E-state index contributed by atoms with van der Waals surface area (Å²) in [5.74, 6) is 0.300. The van der Waals surface area contributed by atoms with E-state index in [9.17, 15) is 4.79 Å². The lowest BCUT2D eigenvalue weighted by molar-refractivity contribution is -0.130. The second-order valence-corrected chi connectivity index (χ2v) is 3.67. The van der Waals surface area contributed by atoms with Crippen molar-refractivity contribution in [3.63, 3.8) is 0 Å². The van der Waals surface area contributed by atoms with Crippen molar-refractivity contribution < 1.29 is 4.79 Å². The SMILES string of the molecule is C=CCCNCCC(=O)N1CCCC1. The molecule has 14 heavy (non-hydrogen) atoms. The van der Waals surface area contributed by atoms with Crippen LogP contribution in [-0.4, -0.2) is 37.0 Å². The molecule has 0 atom stereocenters. The zero-order chi connectivity index (χ0) is 10.2. The van der Waals surface area contributed by atoms with E-state index in [2.05, 4.69) is 11.9 Å². The summed E-state index contributed by atoms with van der Waals surface area (Å²) in [4.78, 5) is 13.5. The Balaban J connectivity index is 2.00. The van der Waals surface area contributed by atoms with Crippen molar-refractivity contribution >= 4 is 5.91 Å². The van der Waals surface area contributed by atoms with Gasteiger partial charge < -0.3 is 10.2 Å². The van der Waals surface area contributed by atoms with Crippen molar-refractivity contribution in [2.75, 3.05) is 26.2 Å². The number of hydrogen-bond acceptors (Lipinski definition) is 2. The van der Waals surface area contributed by atoms with E-state index in [4.69, 9.17) is 0 Å². The summed E-state index contributed by atoms with van der Waals surface area (Å²) in [6.45, 7) is 7.29. The molecule has 0 aromatic carbocycles. The molecule has 0 aromatic heterocycles. The molecule has 0 spiro atoms. The second kappa shape index (κ2) is 6.60. The predicted octanol–water partition coefficient (Wildman–Crippen LogP) is 1.16. The van der Waals surface area contributed by atoms with Gasteiger partial charge in [-0.15, -0.1) is 6.58 Å². The first-order valence-corrected chi connectivity index (χ1v) is 5.44. The minimum absolute atomic E-state index is 0.300. The van der Waals surface area contributed by atoms with Crippen LogP contribution in [0, 0.1) is 0 Å². The van der Waals surface area contributed by atoms with Crippen molar-refractivity contribution in [2.24, 2.45) is 0 Å². The van der Waals surface area contributed by atoms with E-state index in [1.807, 2.05) is 11.0 Å². The lowest BCUT2D eigenvalue weighted by Gasteiger charge is -2.14. The molecule has 0 aliphatic carbocycles. The highest BCUT2D eigenvalue weighted by Gasteiger charge is 2.16. The third kappa shape index (κ3) is 3.92. The summed E-state index contributed by atoms with van der Waals surface area (Å²) in [6, 6.07) is 0. The number of nitrogens with one attached hydrogen (secondary N) is 1.